The Labute approximate surface area is 104 Å². The van der Waals surface area contributed by atoms with E-state index in [1.165, 1.54) is 12.8 Å². The topological polar surface area (TPSA) is 44.5 Å². The van der Waals surface area contributed by atoms with Crippen molar-refractivity contribution in [2.24, 2.45) is 5.73 Å². The molecule has 3 heteroatoms. The SMILES string of the molecule is CCCCCOC(CN)c1ccc(OC)cc1. The number of hydrogen-bond acceptors (Lipinski definition) is 3. The molecule has 0 amide bonds. The summed E-state index contributed by atoms with van der Waals surface area (Å²) in [5.74, 6) is 0.857. The van der Waals surface area contributed by atoms with E-state index < -0.39 is 0 Å². The second-order valence-corrected chi connectivity index (χ2v) is 4.08. The molecule has 0 spiro atoms. The summed E-state index contributed by atoms with van der Waals surface area (Å²) in [6.45, 7) is 3.48. The fourth-order valence-corrected chi connectivity index (χ4v) is 1.70. The van der Waals surface area contributed by atoms with E-state index in [1.807, 2.05) is 24.3 Å². The van der Waals surface area contributed by atoms with Crippen LogP contribution in [-0.2, 0) is 4.74 Å². The van der Waals surface area contributed by atoms with Crippen molar-refractivity contribution in [1.82, 2.24) is 0 Å². The van der Waals surface area contributed by atoms with Crippen LogP contribution < -0.4 is 10.5 Å². The van der Waals surface area contributed by atoms with Crippen LogP contribution in [0, 0.1) is 0 Å². The Balaban J connectivity index is 2.47. The van der Waals surface area contributed by atoms with Gasteiger partial charge in [-0.25, -0.2) is 0 Å². The van der Waals surface area contributed by atoms with Crippen LogP contribution in [0.1, 0.15) is 37.9 Å². The largest absolute Gasteiger partial charge is 0.497 e. The predicted octanol–water partition coefficient (Wildman–Crippen LogP) is 2.90. The highest BCUT2D eigenvalue weighted by Gasteiger charge is 2.09. The zero-order valence-electron chi connectivity index (χ0n) is 10.8. The van der Waals surface area contributed by atoms with Gasteiger partial charge in [0.05, 0.1) is 13.2 Å². The van der Waals surface area contributed by atoms with Crippen molar-refractivity contribution in [2.75, 3.05) is 20.3 Å². The van der Waals surface area contributed by atoms with Crippen LogP contribution in [0.3, 0.4) is 0 Å². The highest BCUT2D eigenvalue weighted by molar-refractivity contribution is 5.28. The van der Waals surface area contributed by atoms with Crippen LogP contribution in [0.25, 0.3) is 0 Å². The third-order valence-electron chi connectivity index (χ3n) is 2.77. The Kier molecular flexibility index (Phi) is 6.67. The molecule has 1 aromatic rings. The van der Waals surface area contributed by atoms with Gasteiger partial charge in [0.2, 0.25) is 0 Å². The number of rotatable bonds is 8. The van der Waals surface area contributed by atoms with Crippen LogP contribution in [0.5, 0.6) is 5.75 Å². The lowest BCUT2D eigenvalue weighted by atomic mass is 10.1. The molecule has 0 aliphatic carbocycles. The first kappa shape index (κ1) is 14.0. The minimum atomic E-state index is -0.00207. The average molecular weight is 237 g/mol. The molecular weight excluding hydrogens is 214 g/mol. The lowest BCUT2D eigenvalue weighted by Gasteiger charge is -2.16. The van der Waals surface area contributed by atoms with Crippen molar-refractivity contribution in [3.63, 3.8) is 0 Å². The van der Waals surface area contributed by atoms with Gasteiger partial charge in [0.15, 0.2) is 0 Å². The Morgan fingerprint density at radius 1 is 1.18 bits per heavy atom. The molecule has 0 bridgehead atoms. The summed E-state index contributed by atoms with van der Waals surface area (Å²) < 4.78 is 10.9. The normalized spacial score (nSPS) is 12.4. The van der Waals surface area contributed by atoms with Crippen LogP contribution in [0.2, 0.25) is 0 Å². The minimum Gasteiger partial charge on any atom is -0.497 e. The maximum atomic E-state index is 5.79. The summed E-state index contributed by atoms with van der Waals surface area (Å²) in [7, 11) is 1.66. The molecule has 0 saturated heterocycles. The smallest absolute Gasteiger partial charge is 0.118 e. The Morgan fingerprint density at radius 2 is 1.88 bits per heavy atom. The summed E-state index contributed by atoms with van der Waals surface area (Å²) in [4.78, 5) is 0. The molecule has 0 aromatic heterocycles. The van der Waals surface area contributed by atoms with Gasteiger partial charge in [-0.05, 0) is 24.1 Å². The summed E-state index contributed by atoms with van der Waals surface area (Å²) >= 11 is 0. The number of hydrogen-bond donors (Lipinski definition) is 1. The van der Waals surface area contributed by atoms with Gasteiger partial charge in [-0.15, -0.1) is 0 Å². The summed E-state index contributed by atoms with van der Waals surface area (Å²) in [6, 6.07) is 7.90. The Hall–Kier alpha value is -1.06. The molecule has 0 saturated carbocycles. The molecule has 0 aliphatic heterocycles. The van der Waals surface area contributed by atoms with Gasteiger partial charge in [-0.3, -0.25) is 0 Å². The lowest BCUT2D eigenvalue weighted by Crippen LogP contribution is -2.16. The van der Waals surface area contributed by atoms with Crippen LogP contribution >= 0.6 is 0 Å². The van der Waals surface area contributed by atoms with Crippen molar-refractivity contribution in [2.45, 2.75) is 32.3 Å². The standard InChI is InChI=1S/C14H23NO2/c1-3-4-5-10-17-14(11-15)12-6-8-13(16-2)9-7-12/h6-9,14H,3-5,10-11,15H2,1-2H3. The molecule has 1 atom stereocenters. The van der Waals surface area contributed by atoms with Crippen molar-refractivity contribution in [1.29, 1.82) is 0 Å². The zero-order chi connectivity index (χ0) is 12.5. The number of benzene rings is 1. The third-order valence-corrected chi connectivity index (χ3v) is 2.77. The molecule has 2 N–H and O–H groups in total. The van der Waals surface area contributed by atoms with Crippen LogP contribution in [0.4, 0.5) is 0 Å². The molecule has 1 aromatic carbocycles. The number of nitrogens with two attached hydrogens (primary N) is 1. The van der Waals surface area contributed by atoms with Gasteiger partial charge in [0.25, 0.3) is 0 Å². The molecule has 1 rings (SSSR count). The molecule has 0 aliphatic rings. The first-order chi connectivity index (χ1) is 8.31. The van der Waals surface area contributed by atoms with E-state index in [4.69, 9.17) is 15.2 Å². The molecule has 0 heterocycles. The molecular formula is C14H23NO2. The molecule has 3 nitrogen and oxygen atoms in total. The maximum Gasteiger partial charge on any atom is 0.118 e. The Morgan fingerprint density at radius 3 is 2.41 bits per heavy atom. The monoisotopic (exact) mass is 237 g/mol. The van der Waals surface area contributed by atoms with Gasteiger partial charge >= 0.3 is 0 Å². The second-order valence-electron chi connectivity index (χ2n) is 4.08. The molecule has 0 radical (unpaired) electrons. The first-order valence-corrected chi connectivity index (χ1v) is 6.27. The maximum absolute atomic E-state index is 5.79. The van der Waals surface area contributed by atoms with Gasteiger partial charge < -0.3 is 15.2 Å². The Bertz CT molecular complexity index is 298. The summed E-state index contributed by atoms with van der Waals surface area (Å²) in [6.07, 6.45) is 3.51. The molecule has 96 valence electrons. The second kappa shape index (κ2) is 8.09. The third kappa shape index (κ3) is 4.75. The van der Waals surface area contributed by atoms with Gasteiger partial charge in [-0.1, -0.05) is 31.9 Å². The average Bonchev–Trinajstić information content (AvgIpc) is 2.39. The molecule has 0 fully saturated rings. The van der Waals surface area contributed by atoms with Gasteiger partial charge in [-0.2, -0.15) is 0 Å². The van der Waals surface area contributed by atoms with E-state index in [2.05, 4.69) is 6.92 Å². The number of unbranched alkanes of at least 4 members (excludes halogenated alkanes) is 2. The lowest BCUT2D eigenvalue weighted by molar-refractivity contribution is 0.0559. The quantitative estimate of drug-likeness (QED) is 0.707. The van der Waals surface area contributed by atoms with Crippen molar-refractivity contribution >= 4 is 0 Å². The van der Waals surface area contributed by atoms with Crippen molar-refractivity contribution in [3.05, 3.63) is 29.8 Å². The minimum absolute atomic E-state index is 0.00207. The van der Waals surface area contributed by atoms with E-state index in [0.717, 1.165) is 24.3 Å². The highest BCUT2D eigenvalue weighted by Crippen LogP contribution is 2.20. The zero-order valence-corrected chi connectivity index (χ0v) is 10.8. The fraction of sp³-hybridized carbons (Fsp3) is 0.571. The van der Waals surface area contributed by atoms with Gasteiger partial charge in [0.1, 0.15) is 5.75 Å². The van der Waals surface area contributed by atoms with Crippen molar-refractivity contribution in [3.8, 4) is 5.75 Å². The number of methoxy groups -OCH3 is 1. The van der Waals surface area contributed by atoms with E-state index in [-0.39, 0.29) is 6.10 Å². The van der Waals surface area contributed by atoms with Crippen LogP contribution in [-0.4, -0.2) is 20.3 Å². The summed E-state index contributed by atoms with van der Waals surface area (Å²) in [5.41, 5.74) is 6.85. The molecule has 17 heavy (non-hydrogen) atoms. The fourth-order valence-electron chi connectivity index (χ4n) is 1.70. The first-order valence-electron chi connectivity index (χ1n) is 6.27. The molecule has 1 unspecified atom stereocenters. The van der Waals surface area contributed by atoms with E-state index >= 15 is 0 Å². The summed E-state index contributed by atoms with van der Waals surface area (Å²) in [5, 5.41) is 0. The van der Waals surface area contributed by atoms with E-state index in [1.54, 1.807) is 7.11 Å². The van der Waals surface area contributed by atoms with E-state index in [0.29, 0.717) is 6.54 Å². The van der Waals surface area contributed by atoms with E-state index in [9.17, 15) is 0 Å². The van der Waals surface area contributed by atoms with Crippen molar-refractivity contribution < 1.29 is 9.47 Å². The van der Waals surface area contributed by atoms with Gasteiger partial charge in [0, 0.05) is 13.2 Å². The number of ether oxygens (including phenoxy) is 2. The van der Waals surface area contributed by atoms with Crippen LogP contribution in [0.15, 0.2) is 24.3 Å². The predicted molar refractivity (Wildman–Crippen MR) is 70.3 cm³/mol. The highest BCUT2D eigenvalue weighted by atomic mass is 16.5.